The predicted octanol–water partition coefficient (Wildman–Crippen LogP) is 3.62. The summed E-state index contributed by atoms with van der Waals surface area (Å²) in [5, 5.41) is 2.79. The zero-order valence-electron chi connectivity index (χ0n) is 12.0. The molecule has 19 heavy (non-hydrogen) atoms. The molecule has 0 saturated carbocycles. The SMILES string of the molecule is C[C@H](C(=O)Nc1cccc(Br)n1)[C@@H](C)OC(C)(C)C. The van der Waals surface area contributed by atoms with E-state index in [1.54, 1.807) is 6.07 Å². The highest BCUT2D eigenvalue weighted by atomic mass is 79.9. The number of halogens is 1. The van der Waals surface area contributed by atoms with Crippen molar-refractivity contribution in [3.63, 3.8) is 0 Å². The van der Waals surface area contributed by atoms with Gasteiger partial charge in [0.15, 0.2) is 0 Å². The molecule has 0 aromatic carbocycles. The van der Waals surface area contributed by atoms with Crippen LogP contribution in [-0.4, -0.2) is 22.6 Å². The average Bonchev–Trinajstić information content (AvgIpc) is 2.25. The van der Waals surface area contributed by atoms with Crippen molar-refractivity contribution in [1.82, 2.24) is 4.98 Å². The third-order valence-corrected chi connectivity index (χ3v) is 3.07. The fourth-order valence-corrected chi connectivity index (χ4v) is 1.93. The molecule has 0 radical (unpaired) electrons. The van der Waals surface area contributed by atoms with Crippen LogP contribution < -0.4 is 5.32 Å². The third kappa shape index (κ3) is 5.70. The van der Waals surface area contributed by atoms with Gasteiger partial charge < -0.3 is 10.1 Å². The van der Waals surface area contributed by atoms with Gasteiger partial charge in [-0.3, -0.25) is 4.79 Å². The van der Waals surface area contributed by atoms with Gasteiger partial charge in [0.1, 0.15) is 10.4 Å². The number of amides is 1. The van der Waals surface area contributed by atoms with Gasteiger partial charge in [-0.15, -0.1) is 0 Å². The van der Waals surface area contributed by atoms with E-state index in [0.717, 1.165) is 0 Å². The molecule has 4 nitrogen and oxygen atoms in total. The smallest absolute Gasteiger partial charge is 0.230 e. The number of nitrogens with one attached hydrogen (secondary N) is 1. The minimum atomic E-state index is -0.262. The van der Waals surface area contributed by atoms with Gasteiger partial charge in [-0.1, -0.05) is 13.0 Å². The highest BCUT2D eigenvalue weighted by Gasteiger charge is 2.25. The second-order valence-corrected chi connectivity index (χ2v) is 6.37. The number of pyridine rings is 1. The number of anilines is 1. The Bertz CT molecular complexity index is 443. The number of hydrogen-bond donors (Lipinski definition) is 1. The van der Waals surface area contributed by atoms with Crippen LogP contribution in [0, 0.1) is 5.92 Å². The number of nitrogens with zero attached hydrogens (tertiary/aromatic N) is 1. The molecule has 1 amide bonds. The molecule has 0 spiro atoms. The maximum absolute atomic E-state index is 12.1. The molecule has 1 aromatic rings. The summed E-state index contributed by atoms with van der Waals surface area (Å²) >= 11 is 3.27. The Kier molecular flexibility index (Phi) is 5.50. The summed E-state index contributed by atoms with van der Waals surface area (Å²) in [6, 6.07) is 5.39. The lowest BCUT2D eigenvalue weighted by molar-refractivity contribution is -0.129. The van der Waals surface area contributed by atoms with Gasteiger partial charge in [0.25, 0.3) is 0 Å². The Balaban J connectivity index is 2.62. The van der Waals surface area contributed by atoms with E-state index in [1.165, 1.54) is 0 Å². The van der Waals surface area contributed by atoms with Crippen molar-refractivity contribution in [3.05, 3.63) is 22.8 Å². The average molecular weight is 329 g/mol. The molecule has 0 unspecified atom stereocenters. The van der Waals surface area contributed by atoms with Crippen molar-refractivity contribution >= 4 is 27.7 Å². The summed E-state index contributed by atoms with van der Waals surface area (Å²) in [5.74, 6) is 0.191. The number of hydrogen-bond acceptors (Lipinski definition) is 3. The maximum atomic E-state index is 12.1. The molecule has 0 fully saturated rings. The molecule has 0 aliphatic carbocycles. The molecule has 0 aliphatic heterocycles. The lowest BCUT2D eigenvalue weighted by Crippen LogP contribution is -2.35. The largest absolute Gasteiger partial charge is 0.372 e. The molecule has 5 heteroatoms. The topological polar surface area (TPSA) is 51.2 Å². The predicted molar refractivity (Wildman–Crippen MR) is 80.0 cm³/mol. The number of rotatable bonds is 4. The van der Waals surface area contributed by atoms with Gasteiger partial charge >= 0.3 is 0 Å². The van der Waals surface area contributed by atoms with Gasteiger partial charge in [0.2, 0.25) is 5.91 Å². The monoisotopic (exact) mass is 328 g/mol. The first-order valence-corrected chi connectivity index (χ1v) is 7.09. The van der Waals surface area contributed by atoms with Gasteiger partial charge in [0.05, 0.1) is 17.6 Å². The van der Waals surface area contributed by atoms with Crippen LogP contribution in [0.25, 0.3) is 0 Å². The first kappa shape index (κ1) is 16.1. The van der Waals surface area contributed by atoms with E-state index in [4.69, 9.17) is 4.74 Å². The van der Waals surface area contributed by atoms with E-state index in [0.29, 0.717) is 10.4 Å². The van der Waals surface area contributed by atoms with Crippen LogP contribution in [0.4, 0.5) is 5.82 Å². The van der Waals surface area contributed by atoms with Crippen LogP contribution in [0.3, 0.4) is 0 Å². The van der Waals surface area contributed by atoms with Crippen molar-refractivity contribution in [1.29, 1.82) is 0 Å². The normalized spacial score (nSPS) is 14.8. The van der Waals surface area contributed by atoms with Crippen molar-refractivity contribution in [2.45, 2.75) is 46.3 Å². The van der Waals surface area contributed by atoms with Gasteiger partial charge in [-0.25, -0.2) is 4.98 Å². The fourth-order valence-electron chi connectivity index (χ4n) is 1.59. The fraction of sp³-hybridized carbons (Fsp3) is 0.571. The summed E-state index contributed by atoms with van der Waals surface area (Å²) in [5.41, 5.74) is -0.262. The molecule has 1 N–H and O–H groups in total. The molecule has 0 aliphatic rings. The molecule has 106 valence electrons. The van der Waals surface area contributed by atoms with Crippen LogP contribution >= 0.6 is 15.9 Å². The summed E-state index contributed by atoms with van der Waals surface area (Å²) in [4.78, 5) is 16.3. The minimum absolute atomic E-state index is 0.0950. The van der Waals surface area contributed by atoms with Gasteiger partial charge in [0, 0.05) is 0 Å². The second-order valence-electron chi connectivity index (χ2n) is 5.56. The van der Waals surface area contributed by atoms with Crippen LogP contribution in [0.15, 0.2) is 22.8 Å². The second kappa shape index (κ2) is 6.48. The summed E-state index contributed by atoms with van der Waals surface area (Å²) < 4.78 is 6.48. The number of aromatic nitrogens is 1. The summed E-state index contributed by atoms with van der Waals surface area (Å²) in [6.45, 7) is 9.69. The van der Waals surface area contributed by atoms with Crippen LogP contribution in [0.5, 0.6) is 0 Å². The van der Waals surface area contributed by atoms with E-state index in [1.807, 2.05) is 46.8 Å². The number of ether oxygens (including phenoxy) is 1. The molecular weight excluding hydrogens is 308 g/mol. The quantitative estimate of drug-likeness (QED) is 0.859. The van der Waals surface area contributed by atoms with E-state index in [9.17, 15) is 4.79 Å². The van der Waals surface area contributed by atoms with Crippen molar-refractivity contribution in [2.75, 3.05) is 5.32 Å². The van der Waals surface area contributed by atoms with E-state index in [2.05, 4.69) is 26.2 Å². The number of carbonyl (C=O) groups is 1. The van der Waals surface area contributed by atoms with E-state index >= 15 is 0 Å². The highest BCUT2D eigenvalue weighted by Crippen LogP contribution is 2.18. The molecule has 2 atom stereocenters. The third-order valence-electron chi connectivity index (χ3n) is 2.62. The van der Waals surface area contributed by atoms with Crippen LogP contribution in [-0.2, 0) is 9.53 Å². The Morgan fingerprint density at radius 2 is 2.00 bits per heavy atom. The van der Waals surface area contributed by atoms with Crippen molar-refractivity contribution in [2.24, 2.45) is 5.92 Å². The lowest BCUT2D eigenvalue weighted by Gasteiger charge is -2.28. The zero-order valence-corrected chi connectivity index (χ0v) is 13.6. The van der Waals surface area contributed by atoms with Crippen LogP contribution in [0.1, 0.15) is 34.6 Å². The Morgan fingerprint density at radius 1 is 1.37 bits per heavy atom. The molecule has 0 saturated heterocycles. The summed E-state index contributed by atoms with van der Waals surface area (Å²) in [6.07, 6.45) is -0.160. The van der Waals surface area contributed by atoms with Crippen molar-refractivity contribution in [3.8, 4) is 0 Å². The lowest BCUT2D eigenvalue weighted by atomic mass is 10.0. The van der Waals surface area contributed by atoms with Crippen LogP contribution in [0.2, 0.25) is 0 Å². The van der Waals surface area contributed by atoms with Crippen molar-refractivity contribution < 1.29 is 9.53 Å². The standard InChI is InChI=1S/C14H21BrN2O2/c1-9(10(2)19-14(3,4)5)13(18)17-12-8-6-7-11(15)16-12/h6-10H,1-5H3,(H,16,17,18)/t9-,10+/m0/s1. The molecule has 0 bridgehead atoms. The van der Waals surface area contributed by atoms with E-state index in [-0.39, 0.29) is 23.5 Å². The Labute approximate surface area is 123 Å². The minimum Gasteiger partial charge on any atom is -0.372 e. The first-order chi connectivity index (χ1) is 8.69. The molecular formula is C14H21BrN2O2. The van der Waals surface area contributed by atoms with Gasteiger partial charge in [-0.05, 0) is 55.8 Å². The molecule has 1 rings (SSSR count). The Morgan fingerprint density at radius 3 is 2.53 bits per heavy atom. The Hall–Kier alpha value is -0.940. The number of carbonyl (C=O) groups excluding carboxylic acids is 1. The van der Waals surface area contributed by atoms with Gasteiger partial charge in [-0.2, -0.15) is 0 Å². The molecule has 1 aromatic heterocycles. The van der Waals surface area contributed by atoms with E-state index < -0.39 is 0 Å². The first-order valence-electron chi connectivity index (χ1n) is 6.30. The summed E-state index contributed by atoms with van der Waals surface area (Å²) in [7, 11) is 0. The maximum Gasteiger partial charge on any atom is 0.230 e. The highest BCUT2D eigenvalue weighted by molar-refractivity contribution is 9.10. The zero-order chi connectivity index (χ0) is 14.6. The molecule has 1 heterocycles.